The van der Waals surface area contributed by atoms with Crippen LogP contribution in [0.15, 0.2) is 77.4 Å². The first-order valence-corrected chi connectivity index (χ1v) is 11.6. The van der Waals surface area contributed by atoms with Crippen molar-refractivity contribution in [2.45, 2.75) is 27.0 Å². The molecule has 1 N–H and O–H groups in total. The van der Waals surface area contributed by atoms with Crippen molar-refractivity contribution in [1.82, 2.24) is 9.78 Å². The number of nitrogens with zero attached hydrogens (tertiary/aromatic N) is 3. The maximum Gasteiger partial charge on any atom is 0.311 e. The minimum Gasteiger partial charge on any atom is -0.482 e. The van der Waals surface area contributed by atoms with E-state index in [0.29, 0.717) is 28.0 Å². The molecule has 1 aromatic heterocycles. The van der Waals surface area contributed by atoms with Crippen molar-refractivity contribution in [2.24, 2.45) is 0 Å². The molecule has 4 rings (SSSR count). The summed E-state index contributed by atoms with van der Waals surface area (Å²) in [6.07, 6.45) is 1.81. The minimum atomic E-state index is -0.470. The lowest BCUT2D eigenvalue weighted by Crippen LogP contribution is -2.13. The van der Waals surface area contributed by atoms with Crippen molar-refractivity contribution in [3.05, 3.63) is 115 Å². The molecule has 0 bridgehead atoms. The zero-order valence-corrected chi connectivity index (χ0v) is 20.8. The van der Waals surface area contributed by atoms with E-state index in [0.717, 1.165) is 11.1 Å². The number of hydrogen-bond donors (Lipinski definition) is 1. The van der Waals surface area contributed by atoms with Crippen LogP contribution in [0, 0.1) is 24.0 Å². The molecule has 35 heavy (non-hydrogen) atoms. The summed E-state index contributed by atoms with van der Waals surface area (Å²) in [5.41, 5.74) is 4.10. The number of benzene rings is 3. The van der Waals surface area contributed by atoms with Crippen LogP contribution >= 0.6 is 15.9 Å². The Morgan fingerprint density at radius 3 is 2.54 bits per heavy atom. The molecule has 1 amide bonds. The summed E-state index contributed by atoms with van der Waals surface area (Å²) in [4.78, 5) is 23.7. The van der Waals surface area contributed by atoms with E-state index in [-0.39, 0.29) is 24.0 Å². The predicted molar refractivity (Wildman–Crippen MR) is 137 cm³/mol. The van der Waals surface area contributed by atoms with Gasteiger partial charge in [-0.25, -0.2) is 0 Å². The number of halogens is 1. The average Bonchev–Trinajstić information content (AvgIpc) is 3.18. The molecule has 0 aliphatic rings. The summed E-state index contributed by atoms with van der Waals surface area (Å²) < 4.78 is 8.11. The Hall–Kier alpha value is -3.98. The molecule has 0 atom stereocenters. The van der Waals surface area contributed by atoms with Crippen molar-refractivity contribution in [3.8, 4) is 5.75 Å². The largest absolute Gasteiger partial charge is 0.482 e. The molecule has 0 saturated heterocycles. The number of carbonyl (C=O) groups excluding carboxylic acids is 1. The van der Waals surface area contributed by atoms with Crippen LogP contribution in [0.4, 0.5) is 11.5 Å². The van der Waals surface area contributed by atoms with E-state index in [2.05, 4.69) is 26.3 Å². The van der Waals surface area contributed by atoms with Gasteiger partial charge >= 0.3 is 5.69 Å². The first-order chi connectivity index (χ1) is 16.8. The number of aryl methyl sites for hydroxylation is 2. The zero-order chi connectivity index (χ0) is 24.9. The highest BCUT2D eigenvalue weighted by molar-refractivity contribution is 9.10. The summed E-state index contributed by atoms with van der Waals surface area (Å²) in [7, 11) is 0. The van der Waals surface area contributed by atoms with E-state index in [9.17, 15) is 14.9 Å². The lowest BCUT2D eigenvalue weighted by atomic mass is 10.1. The number of aromatic nitrogens is 2. The third-order valence-corrected chi connectivity index (χ3v) is 5.89. The number of carbonyl (C=O) groups is 1. The highest BCUT2D eigenvalue weighted by Gasteiger charge is 2.16. The first-order valence-electron chi connectivity index (χ1n) is 10.8. The maximum atomic E-state index is 12.9. The zero-order valence-electron chi connectivity index (χ0n) is 19.2. The fourth-order valence-electron chi connectivity index (χ4n) is 3.48. The lowest BCUT2D eigenvalue weighted by molar-refractivity contribution is -0.386. The molecular weight excluding hydrogens is 512 g/mol. The number of anilines is 1. The Bertz CT molecular complexity index is 1380. The molecule has 0 radical (unpaired) electrons. The van der Waals surface area contributed by atoms with Crippen LogP contribution in [0.25, 0.3) is 0 Å². The molecule has 4 aromatic rings. The molecule has 3 aromatic carbocycles. The van der Waals surface area contributed by atoms with E-state index in [4.69, 9.17) is 4.74 Å². The number of nitrogens with one attached hydrogen (secondary N) is 1. The van der Waals surface area contributed by atoms with Crippen molar-refractivity contribution in [3.63, 3.8) is 0 Å². The van der Waals surface area contributed by atoms with Gasteiger partial charge in [-0.2, -0.15) is 5.10 Å². The summed E-state index contributed by atoms with van der Waals surface area (Å²) in [5, 5.41) is 18.6. The fraction of sp³-hybridized carbons (Fsp3) is 0.154. The molecular formula is C26H23BrN4O4. The number of nitro groups is 1. The van der Waals surface area contributed by atoms with E-state index in [1.165, 1.54) is 11.6 Å². The van der Waals surface area contributed by atoms with Crippen molar-refractivity contribution >= 4 is 33.3 Å². The molecule has 0 aliphatic carbocycles. The average molecular weight is 535 g/mol. The van der Waals surface area contributed by atoms with Crippen LogP contribution in [-0.2, 0) is 13.2 Å². The third kappa shape index (κ3) is 6.13. The molecule has 178 valence electrons. The van der Waals surface area contributed by atoms with Crippen LogP contribution in [0.5, 0.6) is 5.75 Å². The highest BCUT2D eigenvalue weighted by Crippen LogP contribution is 2.28. The van der Waals surface area contributed by atoms with Crippen LogP contribution in [0.3, 0.4) is 0 Å². The van der Waals surface area contributed by atoms with Gasteiger partial charge in [0.15, 0.2) is 11.6 Å². The standard InChI is InChI=1S/C26H23BrN4O4/c1-17-6-9-19(10-7-17)14-30-15-22(27)25(29-30)28-26(32)21-5-3-4-20(13-21)16-35-24-11-8-18(2)12-23(24)31(33)34/h3-13,15H,14,16H2,1-2H3,(H,28,29,32). The smallest absolute Gasteiger partial charge is 0.311 e. The van der Waals surface area contributed by atoms with Crippen LogP contribution in [0.1, 0.15) is 32.6 Å². The summed E-state index contributed by atoms with van der Waals surface area (Å²) in [5.74, 6) is 0.270. The molecule has 0 fully saturated rings. The van der Waals surface area contributed by atoms with Gasteiger partial charge in [0.25, 0.3) is 5.91 Å². The predicted octanol–water partition coefficient (Wildman–Crippen LogP) is 6.05. The highest BCUT2D eigenvalue weighted by atomic mass is 79.9. The third-order valence-electron chi connectivity index (χ3n) is 5.31. The van der Waals surface area contributed by atoms with E-state index in [1.54, 1.807) is 48.0 Å². The van der Waals surface area contributed by atoms with Crippen LogP contribution < -0.4 is 10.1 Å². The number of nitro benzene ring substituents is 1. The van der Waals surface area contributed by atoms with Crippen LogP contribution in [-0.4, -0.2) is 20.6 Å². The van der Waals surface area contributed by atoms with Gasteiger partial charge in [0.05, 0.1) is 15.9 Å². The molecule has 0 aliphatic heterocycles. The van der Waals surface area contributed by atoms with Gasteiger partial charge in [-0.05, 0) is 64.7 Å². The fourth-order valence-corrected chi connectivity index (χ4v) is 3.89. The summed E-state index contributed by atoms with van der Waals surface area (Å²) >= 11 is 3.46. The second kappa shape index (κ2) is 10.5. The van der Waals surface area contributed by atoms with Gasteiger partial charge in [-0.3, -0.25) is 19.6 Å². The van der Waals surface area contributed by atoms with Crippen molar-refractivity contribution in [2.75, 3.05) is 5.32 Å². The molecule has 1 heterocycles. The first kappa shape index (κ1) is 24.2. The van der Waals surface area contributed by atoms with E-state index in [1.807, 2.05) is 37.4 Å². The minimum absolute atomic E-state index is 0.0832. The van der Waals surface area contributed by atoms with E-state index >= 15 is 0 Å². The molecule has 8 nitrogen and oxygen atoms in total. The number of hydrogen-bond acceptors (Lipinski definition) is 5. The molecule has 0 saturated carbocycles. The second-order valence-electron chi connectivity index (χ2n) is 8.18. The van der Waals surface area contributed by atoms with Crippen molar-refractivity contribution in [1.29, 1.82) is 0 Å². The normalized spacial score (nSPS) is 10.7. The van der Waals surface area contributed by atoms with Crippen molar-refractivity contribution < 1.29 is 14.5 Å². The van der Waals surface area contributed by atoms with Gasteiger partial charge in [0.1, 0.15) is 6.61 Å². The molecule has 0 spiro atoms. The van der Waals surface area contributed by atoms with Gasteiger partial charge < -0.3 is 10.1 Å². The van der Waals surface area contributed by atoms with Gasteiger partial charge in [0.2, 0.25) is 0 Å². The quantitative estimate of drug-likeness (QED) is 0.219. The Labute approximate surface area is 210 Å². The maximum absolute atomic E-state index is 12.9. The van der Waals surface area contributed by atoms with Gasteiger partial charge in [-0.15, -0.1) is 0 Å². The number of rotatable bonds is 8. The number of ether oxygens (including phenoxy) is 1. The molecule has 0 unspecified atom stereocenters. The van der Waals surface area contributed by atoms with Crippen LogP contribution in [0.2, 0.25) is 0 Å². The monoisotopic (exact) mass is 534 g/mol. The Kier molecular flexibility index (Phi) is 7.26. The SMILES string of the molecule is Cc1ccc(Cn2cc(Br)c(NC(=O)c3cccc(COc4ccc(C)cc4[N+](=O)[O-])c3)n2)cc1. The lowest BCUT2D eigenvalue weighted by Gasteiger charge is -2.09. The van der Waals surface area contributed by atoms with E-state index < -0.39 is 4.92 Å². The molecule has 9 heteroatoms. The van der Waals surface area contributed by atoms with Gasteiger partial charge in [0, 0.05) is 17.8 Å². The topological polar surface area (TPSA) is 99.3 Å². The Balaban J connectivity index is 1.43. The number of amides is 1. The summed E-state index contributed by atoms with van der Waals surface area (Å²) in [6.45, 7) is 4.48. The summed E-state index contributed by atoms with van der Waals surface area (Å²) in [6, 6.07) is 19.9. The Morgan fingerprint density at radius 2 is 1.80 bits per heavy atom. The van der Waals surface area contributed by atoms with Gasteiger partial charge in [-0.1, -0.05) is 48.0 Å². The second-order valence-corrected chi connectivity index (χ2v) is 9.03. The Morgan fingerprint density at radius 1 is 1.06 bits per heavy atom.